The van der Waals surface area contributed by atoms with Crippen LogP contribution in [0, 0.1) is 0 Å². The lowest BCUT2D eigenvalue weighted by atomic mass is 10.2. The zero-order valence-electron chi connectivity index (χ0n) is 10.7. The van der Waals surface area contributed by atoms with Gasteiger partial charge >= 0.3 is 0 Å². The SMILES string of the molecule is O=C(Nc1cccc(-n2cccc2)c1)c1ccncc1. The van der Waals surface area contributed by atoms with E-state index in [-0.39, 0.29) is 5.91 Å². The van der Waals surface area contributed by atoms with E-state index in [0.717, 1.165) is 11.4 Å². The number of nitrogens with one attached hydrogen (secondary N) is 1. The highest BCUT2D eigenvalue weighted by Crippen LogP contribution is 2.15. The number of amides is 1. The molecule has 4 heteroatoms. The van der Waals surface area contributed by atoms with Crippen molar-refractivity contribution >= 4 is 11.6 Å². The molecule has 0 aliphatic carbocycles. The third-order valence-corrected chi connectivity index (χ3v) is 2.95. The van der Waals surface area contributed by atoms with Gasteiger partial charge in [0.05, 0.1) is 0 Å². The molecule has 0 saturated carbocycles. The third kappa shape index (κ3) is 2.59. The molecule has 4 nitrogen and oxygen atoms in total. The Morgan fingerprint density at radius 3 is 2.50 bits per heavy atom. The molecule has 2 aromatic heterocycles. The Kier molecular flexibility index (Phi) is 3.29. The highest BCUT2D eigenvalue weighted by Gasteiger charge is 2.05. The van der Waals surface area contributed by atoms with Crippen molar-refractivity contribution in [2.45, 2.75) is 0 Å². The average Bonchev–Trinajstić information content (AvgIpc) is 3.03. The summed E-state index contributed by atoms with van der Waals surface area (Å²) in [6.45, 7) is 0. The fourth-order valence-electron chi connectivity index (χ4n) is 1.96. The monoisotopic (exact) mass is 263 g/mol. The summed E-state index contributed by atoms with van der Waals surface area (Å²) in [5.41, 5.74) is 2.35. The van der Waals surface area contributed by atoms with Crippen LogP contribution in [0.25, 0.3) is 5.69 Å². The predicted molar refractivity (Wildman–Crippen MR) is 78.0 cm³/mol. The summed E-state index contributed by atoms with van der Waals surface area (Å²) in [6, 6.07) is 15.0. The van der Waals surface area contributed by atoms with Gasteiger partial charge in [0.15, 0.2) is 0 Å². The highest BCUT2D eigenvalue weighted by atomic mass is 16.1. The van der Waals surface area contributed by atoms with Crippen LogP contribution in [0.15, 0.2) is 73.3 Å². The number of pyridine rings is 1. The average molecular weight is 263 g/mol. The highest BCUT2D eigenvalue weighted by molar-refractivity contribution is 6.04. The van der Waals surface area contributed by atoms with Gasteiger partial charge in [-0.2, -0.15) is 0 Å². The van der Waals surface area contributed by atoms with Crippen LogP contribution in [0.2, 0.25) is 0 Å². The van der Waals surface area contributed by atoms with Crippen LogP contribution in [0.4, 0.5) is 5.69 Å². The molecule has 0 atom stereocenters. The van der Waals surface area contributed by atoms with Crippen LogP contribution in [0.5, 0.6) is 0 Å². The first-order chi connectivity index (χ1) is 9.83. The quantitative estimate of drug-likeness (QED) is 0.789. The zero-order valence-corrected chi connectivity index (χ0v) is 10.7. The molecule has 20 heavy (non-hydrogen) atoms. The fraction of sp³-hybridized carbons (Fsp3) is 0. The Labute approximate surface area is 116 Å². The van der Waals surface area contributed by atoms with Gasteiger partial charge in [0, 0.05) is 41.7 Å². The molecular weight excluding hydrogens is 250 g/mol. The molecule has 3 rings (SSSR count). The van der Waals surface area contributed by atoms with E-state index in [9.17, 15) is 4.79 Å². The number of hydrogen-bond acceptors (Lipinski definition) is 2. The normalized spacial score (nSPS) is 10.2. The lowest BCUT2D eigenvalue weighted by Gasteiger charge is -2.08. The number of aromatic nitrogens is 2. The molecule has 0 aliphatic heterocycles. The summed E-state index contributed by atoms with van der Waals surface area (Å²) in [5, 5.41) is 2.88. The van der Waals surface area contributed by atoms with Crippen molar-refractivity contribution in [2.75, 3.05) is 5.32 Å². The van der Waals surface area contributed by atoms with E-state index in [1.807, 2.05) is 53.4 Å². The van der Waals surface area contributed by atoms with E-state index in [4.69, 9.17) is 0 Å². The standard InChI is InChI=1S/C16H13N3O/c20-16(13-6-8-17-9-7-13)18-14-4-3-5-15(12-14)19-10-1-2-11-19/h1-12H,(H,18,20). The molecule has 1 amide bonds. The van der Waals surface area contributed by atoms with Gasteiger partial charge in [0.25, 0.3) is 5.91 Å². The Balaban J connectivity index is 1.82. The largest absolute Gasteiger partial charge is 0.324 e. The summed E-state index contributed by atoms with van der Waals surface area (Å²) in [6.07, 6.45) is 7.13. The molecule has 0 aliphatic rings. The molecule has 0 radical (unpaired) electrons. The minimum atomic E-state index is -0.142. The molecule has 2 heterocycles. The van der Waals surface area contributed by atoms with Gasteiger partial charge in [0.2, 0.25) is 0 Å². The Morgan fingerprint density at radius 2 is 1.75 bits per heavy atom. The van der Waals surface area contributed by atoms with Gasteiger partial charge in [-0.15, -0.1) is 0 Å². The second kappa shape index (κ2) is 5.40. The first-order valence-corrected chi connectivity index (χ1v) is 6.28. The third-order valence-electron chi connectivity index (χ3n) is 2.95. The van der Waals surface area contributed by atoms with Gasteiger partial charge in [-0.1, -0.05) is 6.07 Å². The smallest absolute Gasteiger partial charge is 0.255 e. The second-order valence-corrected chi connectivity index (χ2v) is 4.33. The van der Waals surface area contributed by atoms with E-state index in [1.54, 1.807) is 24.5 Å². The van der Waals surface area contributed by atoms with E-state index >= 15 is 0 Å². The first-order valence-electron chi connectivity index (χ1n) is 6.28. The summed E-state index contributed by atoms with van der Waals surface area (Å²) in [7, 11) is 0. The minimum Gasteiger partial charge on any atom is -0.324 e. The maximum Gasteiger partial charge on any atom is 0.255 e. The van der Waals surface area contributed by atoms with Gasteiger partial charge in [-0.3, -0.25) is 9.78 Å². The van der Waals surface area contributed by atoms with Crippen molar-refractivity contribution < 1.29 is 4.79 Å². The minimum absolute atomic E-state index is 0.142. The van der Waals surface area contributed by atoms with Crippen LogP contribution < -0.4 is 5.32 Å². The Hall–Kier alpha value is -2.88. The number of nitrogens with zero attached hydrogens (tertiary/aromatic N) is 2. The van der Waals surface area contributed by atoms with Crippen LogP contribution in [-0.2, 0) is 0 Å². The second-order valence-electron chi connectivity index (χ2n) is 4.33. The first kappa shape index (κ1) is 12.2. The summed E-state index contributed by atoms with van der Waals surface area (Å²) >= 11 is 0. The van der Waals surface area contributed by atoms with E-state index < -0.39 is 0 Å². The molecule has 0 bridgehead atoms. The van der Waals surface area contributed by atoms with E-state index in [1.165, 1.54) is 0 Å². The van der Waals surface area contributed by atoms with Crippen LogP contribution in [0.3, 0.4) is 0 Å². The van der Waals surface area contributed by atoms with E-state index in [0.29, 0.717) is 5.56 Å². The summed E-state index contributed by atoms with van der Waals surface area (Å²) < 4.78 is 1.99. The molecule has 0 spiro atoms. The van der Waals surface area contributed by atoms with Gasteiger partial charge in [-0.05, 0) is 42.5 Å². The molecule has 0 unspecified atom stereocenters. The molecule has 0 saturated heterocycles. The van der Waals surface area contributed by atoms with Gasteiger partial charge in [-0.25, -0.2) is 0 Å². The van der Waals surface area contributed by atoms with Crippen molar-refractivity contribution in [1.29, 1.82) is 0 Å². The van der Waals surface area contributed by atoms with Crippen molar-refractivity contribution in [2.24, 2.45) is 0 Å². The van der Waals surface area contributed by atoms with Gasteiger partial charge < -0.3 is 9.88 Å². The maximum atomic E-state index is 12.1. The predicted octanol–water partition coefficient (Wildman–Crippen LogP) is 3.12. The Morgan fingerprint density at radius 1 is 1.00 bits per heavy atom. The zero-order chi connectivity index (χ0) is 13.8. The lowest BCUT2D eigenvalue weighted by molar-refractivity contribution is 0.102. The van der Waals surface area contributed by atoms with Crippen LogP contribution in [0.1, 0.15) is 10.4 Å². The maximum absolute atomic E-state index is 12.1. The molecule has 0 fully saturated rings. The number of carbonyl (C=O) groups is 1. The van der Waals surface area contributed by atoms with Crippen LogP contribution >= 0.6 is 0 Å². The number of hydrogen-bond donors (Lipinski definition) is 1. The van der Waals surface area contributed by atoms with Crippen LogP contribution in [-0.4, -0.2) is 15.5 Å². The molecule has 1 N–H and O–H groups in total. The topological polar surface area (TPSA) is 46.9 Å². The number of benzene rings is 1. The summed E-state index contributed by atoms with van der Waals surface area (Å²) in [5.74, 6) is -0.142. The number of anilines is 1. The molecule has 1 aromatic carbocycles. The van der Waals surface area contributed by atoms with Gasteiger partial charge in [0.1, 0.15) is 0 Å². The molecule has 98 valence electrons. The lowest BCUT2D eigenvalue weighted by Crippen LogP contribution is -2.11. The van der Waals surface area contributed by atoms with Crippen molar-refractivity contribution in [3.05, 3.63) is 78.9 Å². The molecule has 3 aromatic rings. The number of rotatable bonds is 3. The van der Waals surface area contributed by atoms with E-state index in [2.05, 4.69) is 10.3 Å². The molecular formula is C16H13N3O. The van der Waals surface area contributed by atoms with Crippen molar-refractivity contribution in [3.63, 3.8) is 0 Å². The summed E-state index contributed by atoms with van der Waals surface area (Å²) in [4.78, 5) is 16.0. The fourth-order valence-corrected chi connectivity index (χ4v) is 1.96. The van der Waals surface area contributed by atoms with Crippen molar-refractivity contribution in [1.82, 2.24) is 9.55 Å². The number of carbonyl (C=O) groups excluding carboxylic acids is 1. The van der Waals surface area contributed by atoms with Crippen molar-refractivity contribution in [3.8, 4) is 5.69 Å². The Bertz CT molecular complexity index is 706.